The van der Waals surface area contributed by atoms with Gasteiger partial charge in [0.1, 0.15) is 5.76 Å². The van der Waals surface area contributed by atoms with Crippen LogP contribution in [0.3, 0.4) is 0 Å². The third-order valence-electron chi connectivity index (χ3n) is 3.48. The van der Waals surface area contributed by atoms with E-state index in [4.69, 9.17) is 19.6 Å². The Morgan fingerprint density at radius 3 is 2.55 bits per heavy atom. The predicted molar refractivity (Wildman–Crippen MR) is 76.1 cm³/mol. The molecule has 20 heavy (non-hydrogen) atoms. The van der Waals surface area contributed by atoms with Gasteiger partial charge in [0.2, 0.25) is 0 Å². The van der Waals surface area contributed by atoms with E-state index in [1.807, 2.05) is 31.2 Å². The minimum atomic E-state index is -0.220. The van der Waals surface area contributed by atoms with Crippen LogP contribution in [0.5, 0.6) is 11.5 Å². The molecule has 1 aromatic heterocycles. The fourth-order valence-electron chi connectivity index (χ4n) is 2.28. The first-order valence-corrected chi connectivity index (χ1v) is 6.83. The van der Waals surface area contributed by atoms with E-state index in [9.17, 15) is 0 Å². The van der Waals surface area contributed by atoms with Gasteiger partial charge in [0.25, 0.3) is 0 Å². The first-order chi connectivity index (χ1) is 9.63. The Kier molecular flexibility index (Phi) is 3.40. The van der Waals surface area contributed by atoms with Crippen LogP contribution in [-0.2, 0) is 0 Å². The quantitative estimate of drug-likeness (QED) is 0.913. The summed E-state index contributed by atoms with van der Waals surface area (Å²) in [7, 11) is 0. The number of hydrogen-bond acceptors (Lipinski definition) is 4. The monoisotopic (exact) mass is 273 g/mol. The predicted octanol–water partition coefficient (Wildman–Crippen LogP) is 3.04. The molecule has 0 saturated heterocycles. The van der Waals surface area contributed by atoms with Gasteiger partial charge in [-0.1, -0.05) is 13.0 Å². The van der Waals surface area contributed by atoms with Gasteiger partial charge in [-0.15, -0.1) is 0 Å². The molecule has 1 aromatic carbocycles. The van der Waals surface area contributed by atoms with Crippen molar-refractivity contribution in [1.82, 2.24) is 0 Å². The second kappa shape index (κ2) is 5.21. The maximum atomic E-state index is 6.27. The first kappa shape index (κ1) is 13.1. The van der Waals surface area contributed by atoms with E-state index in [1.54, 1.807) is 6.26 Å². The lowest BCUT2D eigenvalue weighted by Crippen LogP contribution is -2.12. The van der Waals surface area contributed by atoms with Crippen LogP contribution < -0.4 is 15.2 Å². The summed E-state index contributed by atoms with van der Waals surface area (Å²) < 4.78 is 16.8. The van der Waals surface area contributed by atoms with E-state index in [2.05, 4.69) is 6.92 Å². The van der Waals surface area contributed by atoms with Gasteiger partial charge in [-0.25, -0.2) is 0 Å². The highest BCUT2D eigenvalue weighted by molar-refractivity contribution is 5.46. The first-order valence-electron chi connectivity index (χ1n) is 6.83. The molecule has 106 valence electrons. The molecule has 1 aliphatic rings. The molecule has 2 atom stereocenters. The minimum Gasteiger partial charge on any atom is -0.489 e. The van der Waals surface area contributed by atoms with Gasteiger partial charge >= 0.3 is 0 Å². The number of hydrogen-bond donors (Lipinski definition) is 1. The van der Waals surface area contributed by atoms with Gasteiger partial charge in [-0.2, -0.15) is 0 Å². The minimum absolute atomic E-state index is 0.220. The van der Waals surface area contributed by atoms with Gasteiger partial charge in [-0.3, -0.25) is 0 Å². The summed E-state index contributed by atoms with van der Waals surface area (Å²) in [5.41, 5.74) is 8.22. The van der Waals surface area contributed by atoms with Crippen molar-refractivity contribution in [2.75, 3.05) is 13.2 Å². The number of furan rings is 1. The van der Waals surface area contributed by atoms with Crippen LogP contribution in [0.1, 0.15) is 29.9 Å². The lowest BCUT2D eigenvalue weighted by Gasteiger charge is -2.13. The Bertz CT molecular complexity index is 606. The van der Waals surface area contributed by atoms with Crippen molar-refractivity contribution in [2.24, 2.45) is 11.7 Å². The topological polar surface area (TPSA) is 57.6 Å². The molecule has 0 aliphatic carbocycles. The van der Waals surface area contributed by atoms with Crippen LogP contribution in [0.25, 0.3) is 0 Å². The molecular weight excluding hydrogens is 254 g/mol. The summed E-state index contributed by atoms with van der Waals surface area (Å²) in [5, 5.41) is 0. The molecule has 0 bridgehead atoms. The number of rotatable bonds is 2. The number of ether oxygens (including phenoxy) is 2. The third kappa shape index (κ3) is 2.51. The molecular formula is C16H19NO3. The lowest BCUT2D eigenvalue weighted by molar-refractivity contribution is 0.228. The van der Waals surface area contributed by atoms with Gasteiger partial charge in [0, 0.05) is 11.5 Å². The maximum Gasteiger partial charge on any atom is 0.161 e. The number of benzene rings is 1. The van der Waals surface area contributed by atoms with Crippen molar-refractivity contribution in [1.29, 1.82) is 0 Å². The molecule has 1 aliphatic heterocycles. The Morgan fingerprint density at radius 2 is 1.85 bits per heavy atom. The summed E-state index contributed by atoms with van der Waals surface area (Å²) >= 11 is 0. The molecule has 4 heteroatoms. The fraction of sp³-hybridized carbons (Fsp3) is 0.375. The van der Waals surface area contributed by atoms with Crippen molar-refractivity contribution < 1.29 is 13.9 Å². The second-order valence-corrected chi connectivity index (χ2v) is 5.40. The number of nitrogens with two attached hydrogens (primary N) is 1. The highest BCUT2D eigenvalue weighted by Gasteiger charge is 2.18. The highest BCUT2D eigenvalue weighted by atomic mass is 16.5. The average molecular weight is 273 g/mol. The molecule has 2 N–H and O–H groups in total. The number of fused-ring (bicyclic) bond motifs is 1. The Balaban J connectivity index is 1.88. The zero-order valence-electron chi connectivity index (χ0n) is 11.8. The summed E-state index contributed by atoms with van der Waals surface area (Å²) in [4.78, 5) is 0. The molecule has 0 spiro atoms. The zero-order chi connectivity index (χ0) is 14.1. The number of aryl methyl sites for hydroxylation is 1. The van der Waals surface area contributed by atoms with Gasteiger partial charge in [0.05, 0.1) is 25.5 Å². The van der Waals surface area contributed by atoms with E-state index in [-0.39, 0.29) is 6.04 Å². The summed E-state index contributed by atoms with van der Waals surface area (Å²) in [5.74, 6) is 2.80. The Hall–Kier alpha value is -1.94. The zero-order valence-corrected chi connectivity index (χ0v) is 11.8. The summed E-state index contributed by atoms with van der Waals surface area (Å²) in [6.45, 7) is 5.36. The van der Waals surface area contributed by atoms with Crippen molar-refractivity contribution in [2.45, 2.75) is 19.9 Å². The fourth-order valence-corrected chi connectivity index (χ4v) is 2.28. The molecule has 3 rings (SSSR count). The third-order valence-corrected chi connectivity index (χ3v) is 3.48. The molecule has 2 unspecified atom stereocenters. The molecule has 0 saturated carbocycles. The van der Waals surface area contributed by atoms with E-state index in [1.165, 1.54) is 0 Å². The standard InChI is InChI=1S/C16H19NO3/c1-10-7-19-14-4-3-12(6-15(14)20-8-10)16(17)13-5-11(2)18-9-13/h3-6,9-10,16H,7-8,17H2,1-2H3. The van der Waals surface area contributed by atoms with Crippen molar-refractivity contribution in [3.8, 4) is 11.5 Å². The largest absolute Gasteiger partial charge is 0.489 e. The maximum absolute atomic E-state index is 6.27. The van der Waals surface area contributed by atoms with Crippen LogP contribution in [-0.4, -0.2) is 13.2 Å². The smallest absolute Gasteiger partial charge is 0.161 e. The van der Waals surface area contributed by atoms with E-state index in [0.29, 0.717) is 19.1 Å². The van der Waals surface area contributed by atoms with Gasteiger partial charge in [0.15, 0.2) is 11.5 Å². The van der Waals surface area contributed by atoms with Crippen molar-refractivity contribution in [3.63, 3.8) is 0 Å². The van der Waals surface area contributed by atoms with Gasteiger partial charge < -0.3 is 19.6 Å². The summed E-state index contributed by atoms with van der Waals surface area (Å²) in [6, 6.07) is 7.60. The molecule has 0 amide bonds. The summed E-state index contributed by atoms with van der Waals surface area (Å²) in [6.07, 6.45) is 1.70. The van der Waals surface area contributed by atoms with Crippen LogP contribution in [0.4, 0.5) is 0 Å². The van der Waals surface area contributed by atoms with E-state index in [0.717, 1.165) is 28.4 Å². The van der Waals surface area contributed by atoms with Crippen LogP contribution in [0.2, 0.25) is 0 Å². The lowest BCUT2D eigenvalue weighted by atomic mass is 10.0. The SMILES string of the molecule is Cc1cc(C(N)c2ccc3c(c2)OCC(C)CO3)co1. The second-order valence-electron chi connectivity index (χ2n) is 5.40. The van der Waals surface area contributed by atoms with Crippen LogP contribution >= 0.6 is 0 Å². The normalized spacial score (nSPS) is 19.4. The molecule has 2 heterocycles. The van der Waals surface area contributed by atoms with Crippen LogP contribution in [0, 0.1) is 12.8 Å². The van der Waals surface area contributed by atoms with Crippen molar-refractivity contribution >= 4 is 0 Å². The molecule has 0 radical (unpaired) electrons. The Morgan fingerprint density at radius 1 is 1.10 bits per heavy atom. The molecule has 4 nitrogen and oxygen atoms in total. The van der Waals surface area contributed by atoms with Crippen molar-refractivity contribution in [3.05, 3.63) is 47.4 Å². The van der Waals surface area contributed by atoms with E-state index < -0.39 is 0 Å². The molecule has 0 fully saturated rings. The highest BCUT2D eigenvalue weighted by Crippen LogP contribution is 2.34. The average Bonchev–Trinajstić information content (AvgIpc) is 2.80. The Labute approximate surface area is 118 Å². The van der Waals surface area contributed by atoms with Gasteiger partial charge in [-0.05, 0) is 30.7 Å². The van der Waals surface area contributed by atoms with Crippen LogP contribution in [0.15, 0.2) is 34.9 Å². The van der Waals surface area contributed by atoms with E-state index >= 15 is 0 Å². The molecule has 2 aromatic rings.